The zero-order chi connectivity index (χ0) is 13.2. The predicted molar refractivity (Wildman–Crippen MR) is 75.7 cm³/mol. The van der Waals surface area contributed by atoms with Crippen LogP contribution < -0.4 is 5.76 Å². The lowest BCUT2D eigenvalue weighted by Gasteiger charge is -2.00. The van der Waals surface area contributed by atoms with Crippen molar-refractivity contribution < 1.29 is 4.42 Å². The number of unbranched alkanes of at least 4 members (excludes halogenated alkanes) is 7. The van der Waals surface area contributed by atoms with Gasteiger partial charge in [-0.25, -0.2) is 4.79 Å². The van der Waals surface area contributed by atoms with Gasteiger partial charge in [-0.3, -0.25) is 4.57 Å². The van der Waals surface area contributed by atoms with Crippen LogP contribution in [-0.2, 0) is 6.42 Å². The highest BCUT2D eigenvalue weighted by atomic mass is 16.4. The molecule has 0 fully saturated rings. The van der Waals surface area contributed by atoms with E-state index in [2.05, 4.69) is 13.5 Å². The zero-order valence-electron chi connectivity index (χ0n) is 11.5. The Morgan fingerprint density at radius 3 is 2.33 bits per heavy atom. The Morgan fingerprint density at radius 1 is 1.17 bits per heavy atom. The van der Waals surface area contributed by atoms with E-state index in [0.29, 0.717) is 0 Å². The first kappa shape index (κ1) is 14.8. The van der Waals surface area contributed by atoms with Crippen molar-refractivity contribution in [3.63, 3.8) is 0 Å². The lowest BCUT2D eigenvalue weighted by molar-refractivity contribution is 0.453. The van der Waals surface area contributed by atoms with Gasteiger partial charge < -0.3 is 4.42 Å². The van der Waals surface area contributed by atoms with Crippen molar-refractivity contribution in [1.82, 2.24) is 4.57 Å². The second kappa shape index (κ2) is 8.78. The van der Waals surface area contributed by atoms with E-state index in [0.717, 1.165) is 18.6 Å². The van der Waals surface area contributed by atoms with Crippen LogP contribution >= 0.6 is 0 Å². The van der Waals surface area contributed by atoms with Gasteiger partial charge in [0.25, 0.3) is 0 Å². The molecular formula is C15H25NO2. The van der Waals surface area contributed by atoms with Crippen LogP contribution in [0.4, 0.5) is 0 Å². The highest BCUT2D eigenvalue weighted by Crippen LogP contribution is 2.10. The molecule has 0 aromatic carbocycles. The van der Waals surface area contributed by atoms with Crippen molar-refractivity contribution in [2.24, 2.45) is 0 Å². The Morgan fingerprint density at radius 2 is 1.78 bits per heavy atom. The number of hydrogen-bond donors (Lipinski definition) is 0. The van der Waals surface area contributed by atoms with Gasteiger partial charge in [-0.1, -0.05) is 58.4 Å². The molecule has 3 heteroatoms. The van der Waals surface area contributed by atoms with Crippen LogP contribution in [0.15, 0.2) is 22.0 Å². The summed E-state index contributed by atoms with van der Waals surface area (Å²) in [5, 5.41) is 0. The maximum Gasteiger partial charge on any atom is 0.423 e. The molecule has 0 spiro atoms. The Balaban J connectivity index is 2.07. The van der Waals surface area contributed by atoms with Crippen LogP contribution in [0, 0.1) is 0 Å². The summed E-state index contributed by atoms with van der Waals surface area (Å²) in [6, 6.07) is 0. The van der Waals surface area contributed by atoms with Gasteiger partial charge in [-0.15, -0.1) is 0 Å². The van der Waals surface area contributed by atoms with E-state index in [-0.39, 0.29) is 5.76 Å². The molecule has 0 amide bonds. The standard InChI is InChI=1S/C15H25NO2/c1-3-5-6-7-8-9-10-11-12-14-13-16(4-2)15(17)18-14/h4,13H,2-3,5-12H2,1H3. The monoisotopic (exact) mass is 251 g/mol. The average molecular weight is 251 g/mol. The molecule has 0 N–H and O–H groups in total. The minimum absolute atomic E-state index is 0.334. The van der Waals surface area contributed by atoms with Crippen LogP contribution in [0.5, 0.6) is 0 Å². The molecule has 102 valence electrons. The van der Waals surface area contributed by atoms with Crippen LogP contribution in [0.25, 0.3) is 6.20 Å². The fourth-order valence-electron chi connectivity index (χ4n) is 2.07. The van der Waals surface area contributed by atoms with E-state index < -0.39 is 0 Å². The predicted octanol–water partition coefficient (Wildman–Crippen LogP) is 4.23. The molecule has 1 rings (SSSR count). The van der Waals surface area contributed by atoms with Crippen molar-refractivity contribution in [2.75, 3.05) is 0 Å². The van der Waals surface area contributed by atoms with E-state index >= 15 is 0 Å². The van der Waals surface area contributed by atoms with Gasteiger partial charge in [0.05, 0.1) is 6.20 Å². The summed E-state index contributed by atoms with van der Waals surface area (Å²) in [4.78, 5) is 11.2. The van der Waals surface area contributed by atoms with Gasteiger partial charge in [0.2, 0.25) is 0 Å². The minimum Gasteiger partial charge on any atom is -0.413 e. The number of oxazole rings is 1. The smallest absolute Gasteiger partial charge is 0.413 e. The first-order valence-electron chi connectivity index (χ1n) is 7.11. The van der Waals surface area contributed by atoms with E-state index in [4.69, 9.17) is 4.42 Å². The molecule has 3 nitrogen and oxygen atoms in total. The molecule has 0 saturated heterocycles. The quantitative estimate of drug-likeness (QED) is 0.583. The lowest BCUT2D eigenvalue weighted by Crippen LogP contribution is -2.05. The Hall–Kier alpha value is -1.25. The van der Waals surface area contributed by atoms with Crippen molar-refractivity contribution >= 4 is 6.20 Å². The molecule has 0 bridgehead atoms. The third-order valence-electron chi connectivity index (χ3n) is 3.19. The summed E-state index contributed by atoms with van der Waals surface area (Å²) in [7, 11) is 0. The van der Waals surface area contributed by atoms with Gasteiger partial charge in [0.1, 0.15) is 5.76 Å². The average Bonchev–Trinajstić information content (AvgIpc) is 2.73. The first-order chi connectivity index (χ1) is 8.77. The highest BCUT2D eigenvalue weighted by Gasteiger charge is 2.02. The normalized spacial score (nSPS) is 10.7. The molecule has 0 saturated carbocycles. The number of aryl methyl sites for hydroxylation is 1. The SMILES string of the molecule is C=Cn1cc(CCCCCCCCCC)oc1=O. The largest absolute Gasteiger partial charge is 0.423 e. The van der Waals surface area contributed by atoms with Gasteiger partial charge in [0, 0.05) is 12.6 Å². The highest BCUT2D eigenvalue weighted by molar-refractivity contribution is 5.16. The molecule has 1 heterocycles. The van der Waals surface area contributed by atoms with Crippen LogP contribution in [0.3, 0.4) is 0 Å². The molecule has 0 aliphatic heterocycles. The first-order valence-corrected chi connectivity index (χ1v) is 7.11. The van der Waals surface area contributed by atoms with E-state index in [1.807, 2.05) is 0 Å². The number of nitrogens with zero attached hydrogens (tertiary/aromatic N) is 1. The van der Waals surface area contributed by atoms with Crippen molar-refractivity contribution in [3.8, 4) is 0 Å². The summed E-state index contributed by atoms with van der Waals surface area (Å²) in [5.41, 5.74) is 0. The van der Waals surface area contributed by atoms with Crippen molar-refractivity contribution in [2.45, 2.75) is 64.7 Å². The Bertz CT molecular complexity index is 389. The second-order valence-electron chi connectivity index (χ2n) is 4.78. The molecular weight excluding hydrogens is 226 g/mol. The summed E-state index contributed by atoms with van der Waals surface area (Å²) in [6.07, 6.45) is 14.4. The summed E-state index contributed by atoms with van der Waals surface area (Å²) < 4.78 is 6.49. The van der Waals surface area contributed by atoms with Gasteiger partial charge in [-0.2, -0.15) is 0 Å². The van der Waals surface area contributed by atoms with Crippen LogP contribution in [-0.4, -0.2) is 4.57 Å². The van der Waals surface area contributed by atoms with Gasteiger partial charge in [0.15, 0.2) is 0 Å². The molecule has 0 atom stereocenters. The second-order valence-corrected chi connectivity index (χ2v) is 4.78. The summed E-state index contributed by atoms with van der Waals surface area (Å²) in [6.45, 7) is 5.79. The molecule has 1 aromatic rings. The van der Waals surface area contributed by atoms with Gasteiger partial charge >= 0.3 is 5.76 Å². The van der Waals surface area contributed by atoms with Crippen LogP contribution in [0.2, 0.25) is 0 Å². The molecule has 0 radical (unpaired) electrons. The Kier molecular flexibility index (Phi) is 7.23. The van der Waals surface area contributed by atoms with Gasteiger partial charge in [-0.05, 0) is 6.42 Å². The third-order valence-corrected chi connectivity index (χ3v) is 3.19. The number of hydrogen-bond acceptors (Lipinski definition) is 2. The fraction of sp³-hybridized carbons (Fsp3) is 0.667. The topological polar surface area (TPSA) is 35.1 Å². The number of aromatic nitrogens is 1. The third kappa shape index (κ3) is 5.39. The van der Waals surface area contributed by atoms with E-state index in [1.54, 1.807) is 6.20 Å². The molecule has 18 heavy (non-hydrogen) atoms. The van der Waals surface area contributed by atoms with Crippen LogP contribution in [0.1, 0.15) is 64.1 Å². The molecule has 0 unspecified atom stereocenters. The zero-order valence-corrected chi connectivity index (χ0v) is 11.5. The fourth-order valence-corrected chi connectivity index (χ4v) is 2.07. The molecule has 1 aromatic heterocycles. The number of rotatable bonds is 10. The maximum absolute atomic E-state index is 11.2. The van der Waals surface area contributed by atoms with E-state index in [1.165, 1.54) is 55.7 Å². The van der Waals surface area contributed by atoms with Crippen molar-refractivity contribution in [1.29, 1.82) is 0 Å². The van der Waals surface area contributed by atoms with E-state index in [9.17, 15) is 4.79 Å². The Labute approximate surface area is 110 Å². The maximum atomic E-state index is 11.2. The summed E-state index contributed by atoms with van der Waals surface area (Å²) >= 11 is 0. The summed E-state index contributed by atoms with van der Waals surface area (Å²) in [5.74, 6) is 0.436. The van der Waals surface area contributed by atoms with Crippen molar-refractivity contribution in [3.05, 3.63) is 29.1 Å². The lowest BCUT2D eigenvalue weighted by atomic mass is 10.1. The minimum atomic E-state index is -0.334. The molecule has 0 aliphatic carbocycles. The molecule has 0 aliphatic rings.